The molecule has 6 nitrogen and oxygen atoms in total. The lowest BCUT2D eigenvalue weighted by Crippen LogP contribution is -2.18. The van der Waals surface area contributed by atoms with Gasteiger partial charge >= 0.3 is 0 Å². The number of fused-ring (bicyclic) bond motifs is 2. The zero-order chi connectivity index (χ0) is 18.1. The molecule has 0 saturated heterocycles. The van der Waals surface area contributed by atoms with Gasteiger partial charge in [0.1, 0.15) is 11.6 Å². The molecule has 2 aromatic rings. The minimum atomic E-state index is -0.0812. The Morgan fingerprint density at radius 3 is 2.69 bits per heavy atom. The highest BCUT2D eigenvalue weighted by molar-refractivity contribution is 5.63. The fraction of sp³-hybridized carbons (Fsp3) is 0.250. The van der Waals surface area contributed by atoms with Crippen LogP contribution in [0.25, 0.3) is 6.08 Å². The van der Waals surface area contributed by atoms with Crippen LogP contribution in [0.4, 0.5) is 0 Å². The van der Waals surface area contributed by atoms with E-state index in [1.807, 2.05) is 36.5 Å². The normalized spacial score (nSPS) is 16.9. The number of nitrogens with zero attached hydrogens (tertiary/aromatic N) is 1. The second-order valence-corrected chi connectivity index (χ2v) is 6.04. The largest absolute Gasteiger partial charge is 0.493 e. The van der Waals surface area contributed by atoms with Crippen molar-refractivity contribution in [1.29, 1.82) is 5.26 Å². The highest BCUT2D eigenvalue weighted by Crippen LogP contribution is 2.40. The van der Waals surface area contributed by atoms with Crippen LogP contribution in [0.5, 0.6) is 23.0 Å². The molecule has 2 heterocycles. The Morgan fingerprint density at radius 1 is 1.15 bits per heavy atom. The Morgan fingerprint density at radius 2 is 1.96 bits per heavy atom. The Hall–Kier alpha value is -3.33. The lowest BCUT2D eigenvalue weighted by Gasteiger charge is -2.20. The van der Waals surface area contributed by atoms with E-state index in [9.17, 15) is 5.26 Å². The third-order valence-electron chi connectivity index (χ3n) is 4.68. The van der Waals surface area contributed by atoms with E-state index in [1.165, 1.54) is 0 Å². The predicted octanol–water partition coefficient (Wildman–Crippen LogP) is 3.16. The maximum atomic E-state index is 9.71. The first-order valence-corrected chi connectivity index (χ1v) is 8.25. The Bertz CT molecular complexity index is 930. The molecule has 132 valence electrons. The van der Waals surface area contributed by atoms with Gasteiger partial charge in [-0.3, -0.25) is 0 Å². The van der Waals surface area contributed by atoms with Crippen molar-refractivity contribution >= 4 is 6.08 Å². The third-order valence-corrected chi connectivity index (χ3v) is 4.68. The van der Waals surface area contributed by atoms with Gasteiger partial charge in [0.2, 0.25) is 6.79 Å². The number of rotatable bonds is 3. The fourth-order valence-electron chi connectivity index (χ4n) is 3.41. The first-order chi connectivity index (χ1) is 12.7. The van der Waals surface area contributed by atoms with Gasteiger partial charge in [0.25, 0.3) is 0 Å². The summed E-state index contributed by atoms with van der Waals surface area (Å²) in [7, 11) is 3.10. The molecule has 0 bridgehead atoms. The number of nitriles is 1. The van der Waals surface area contributed by atoms with Crippen LogP contribution in [0.15, 0.2) is 30.5 Å². The Balaban J connectivity index is 1.76. The average molecular weight is 350 g/mol. The summed E-state index contributed by atoms with van der Waals surface area (Å²) in [6, 6.07) is 9.90. The number of hydrogen-bond acceptors (Lipinski definition) is 6. The van der Waals surface area contributed by atoms with E-state index < -0.39 is 0 Å². The predicted molar refractivity (Wildman–Crippen MR) is 95.4 cm³/mol. The second kappa shape index (κ2) is 6.52. The number of ether oxygens (including phenoxy) is 4. The SMILES string of the molecule is COc1ccc(C2Cc3cc4c(cc3C=CN2)OCO4)c(C#N)c1OC. The molecular formula is C20H18N2O4. The number of hydrogen-bond donors (Lipinski definition) is 1. The van der Waals surface area contributed by atoms with Crippen molar-refractivity contribution in [2.45, 2.75) is 12.5 Å². The summed E-state index contributed by atoms with van der Waals surface area (Å²) < 4.78 is 21.7. The smallest absolute Gasteiger partial charge is 0.231 e. The summed E-state index contributed by atoms with van der Waals surface area (Å²) >= 11 is 0. The molecule has 2 aliphatic heterocycles. The van der Waals surface area contributed by atoms with Crippen LogP contribution in [0.3, 0.4) is 0 Å². The van der Waals surface area contributed by atoms with Crippen molar-refractivity contribution < 1.29 is 18.9 Å². The lowest BCUT2D eigenvalue weighted by molar-refractivity contribution is 0.174. The quantitative estimate of drug-likeness (QED) is 0.917. The molecule has 2 aliphatic rings. The molecule has 0 aromatic heterocycles. The van der Waals surface area contributed by atoms with Gasteiger partial charge in [-0.15, -0.1) is 0 Å². The first-order valence-electron chi connectivity index (χ1n) is 8.25. The van der Waals surface area contributed by atoms with Crippen LogP contribution in [-0.4, -0.2) is 21.0 Å². The molecule has 0 spiro atoms. The summed E-state index contributed by atoms with van der Waals surface area (Å²) in [5, 5.41) is 13.1. The Kier molecular flexibility index (Phi) is 4.05. The monoisotopic (exact) mass is 350 g/mol. The van der Waals surface area contributed by atoms with Crippen molar-refractivity contribution in [3.05, 3.63) is 52.7 Å². The molecule has 0 radical (unpaired) electrons. The molecule has 1 atom stereocenters. The average Bonchev–Trinajstić information content (AvgIpc) is 3.02. The van der Waals surface area contributed by atoms with E-state index in [2.05, 4.69) is 11.4 Å². The molecule has 0 saturated carbocycles. The number of nitrogens with one attached hydrogen (secondary N) is 1. The van der Waals surface area contributed by atoms with E-state index >= 15 is 0 Å². The van der Waals surface area contributed by atoms with Gasteiger partial charge in [-0.1, -0.05) is 6.07 Å². The maximum absolute atomic E-state index is 9.71. The molecule has 0 aliphatic carbocycles. The van der Waals surface area contributed by atoms with Crippen molar-refractivity contribution in [2.75, 3.05) is 21.0 Å². The standard InChI is InChI=1S/C20H18N2O4/c1-23-17-4-3-14(15(10-21)20(17)24-2)16-7-13-9-19-18(25-11-26-19)8-12(13)5-6-22-16/h3-6,8-9,16,22H,7,11H2,1-2H3. The van der Waals surface area contributed by atoms with Crippen LogP contribution in [0, 0.1) is 11.3 Å². The van der Waals surface area contributed by atoms with Crippen molar-refractivity contribution in [2.24, 2.45) is 0 Å². The summed E-state index contributed by atoms with van der Waals surface area (Å²) in [5.74, 6) is 2.51. The number of benzene rings is 2. The highest BCUT2D eigenvalue weighted by atomic mass is 16.7. The van der Waals surface area contributed by atoms with Gasteiger partial charge in [-0.2, -0.15) is 5.26 Å². The molecule has 26 heavy (non-hydrogen) atoms. The molecular weight excluding hydrogens is 332 g/mol. The zero-order valence-electron chi connectivity index (χ0n) is 14.5. The minimum absolute atomic E-state index is 0.0812. The van der Waals surface area contributed by atoms with E-state index in [1.54, 1.807) is 14.2 Å². The van der Waals surface area contributed by atoms with Crippen molar-refractivity contribution in [3.8, 4) is 29.1 Å². The topological polar surface area (TPSA) is 72.7 Å². The molecule has 4 rings (SSSR count). The Labute approximate surface area is 151 Å². The summed E-state index contributed by atoms with van der Waals surface area (Å²) in [5.41, 5.74) is 3.53. The molecule has 6 heteroatoms. The number of methoxy groups -OCH3 is 2. The molecule has 1 N–H and O–H groups in total. The molecule has 0 amide bonds. The van der Waals surface area contributed by atoms with Crippen LogP contribution < -0.4 is 24.3 Å². The van der Waals surface area contributed by atoms with E-state index in [4.69, 9.17) is 18.9 Å². The second-order valence-electron chi connectivity index (χ2n) is 6.04. The lowest BCUT2D eigenvalue weighted by atomic mass is 9.93. The summed E-state index contributed by atoms with van der Waals surface area (Å²) in [6.07, 6.45) is 4.60. The van der Waals surface area contributed by atoms with Gasteiger partial charge in [0, 0.05) is 0 Å². The van der Waals surface area contributed by atoms with E-state index in [0.29, 0.717) is 23.5 Å². The molecule has 0 fully saturated rings. The van der Waals surface area contributed by atoms with Gasteiger partial charge < -0.3 is 24.3 Å². The van der Waals surface area contributed by atoms with Crippen LogP contribution in [0.2, 0.25) is 0 Å². The van der Waals surface area contributed by atoms with Crippen molar-refractivity contribution in [3.63, 3.8) is 0 Å². The maximum Gasteiger partial charge on any atom is 0.231 e. The fourth-order valence-corrected chi connectivity index (χ4v) is 3.41. The summed E-state index contributed by atoms with van der Waals surface area (Å²) in [6.45, 7) is 0.248. The van der Waals surface area contributed by atoms with Crippen LogP contribution in [0.1, 0.15) is 28.3 Å². The van der Waals surface area contributed by atoms with Crippen LogP contribution >= 0.6 is 0 Å². The van der Waals surface area contributed by atoms with Gasteiger partial charge in [-0.25, -0.2) is 0 Å². The zero-order valence-corrected chi connectivity index (χ0v) is 14.5. The molecule has 1 unspecified atom stereocenters. The van der Waals surface area contributed by atoms with Gasteiger partial charge in [0.15, 0.2) is 23.0 Å². The van der Waals surface area contributed by atoms with Crippen LogP contribution in [-0.2, 0) is 6.42 Å². The van der Waals surface area contributed by atoms with Gasteiger partial charge in [-0.05, 0) is 53.6 Å². The van der Waals surface area contributed by atoms with E-state index in [0.717, 1.165) is 28.2 Å². The third kappa shape index (κ3) is 2.58. The minimum Gasteiger partial charge on any atom is -0.493 e. The highest BCUT2D eigenvalue weighted by Gasteiger charge is 2.25. The van der Waals surface area contributed by atoms with Crippen molar-refractivity contribution in [1.82, 2.24) is 5.32 Å². The summed E-state index contributed by atoms with van der Waals surface area (Å²) in [4.78, 5) is 0. The first kappa shape index (κ1) is 16.2. The van der Waals surface area contributed by atoms with E-state index in [-0.39, 0.29) is 12.8 Å². The molecule has 2 aromatic carbocycles. The van der Waals surface area contributed by atoms with Gasteiger partial charge in [0.05, 0.1) is 20.3 Å².